The van der Waals surface area contributed by atoms with Gasteiger partial charge in [-0.1, -0.05) is 30.3 Å². The number of anilines is 1. The van der Waals surface area contributed by atoms with Crippen molar-refractivity contribution in [3.05, 3.63) is 65.2 Å². The zero-order valence-electron chi connectivity index (χ0n) is 16.9. The highest BCUT2D eigenvalue weighted by molar-refractivity contribution is 6.07. The Morgan fingerprint density at radius 2 is 1.77 bits per heavy atom. The van der Waals surface area contributed by atoms with Crippen LogP contribution >= 0.6 is 0 Å². The number of hydrogen-bond donors (Lipinski definition) is 0. The standard InChI is InChI=1S/C24H25N3O3/c28-22-16-25(24(30)21-7-3-4-13-26(21)22)15-17-8-10-19(11-9-17)23(29)27-14-12-18-5-1-2-6-20(18)27/h1-2,5-6,8-11,21H,3-4,7,12-16H2. The second kappa shape index (κ2) is 7.59. The zero-order chi connectivity index (χ0) is 20.7. The molecular formula is C24H25N3O3. The van der Waals surface area contributed by atoms with Crippen LogP contribution in [0.2, 0.25) is 0 Å². The molecule has 6 nitrogen and oxygen atoms in total. The first-order chi connectivity index (χ1) is 14.6. The molecule has 2 aromatic carbocycles. The topological polar surface area (TPSA) is 60.9 Å². The maximum Gasteiger partial charge on any atom is 0.258 e. The quantitative estimate of drug-likeness (QED) is 0.792. The highest BCUT2D eigenvalue weighted by atomic mass is 16.2. The van der Waals surface area contributed by atoms with Gasteiger partial charge in [-0.2, -0.15) is 0 Å². The SMILES string of the molecule is O=C1C2CCCCN2C(=O)CN1Cc1ccc(C(=O)N2CCc3ccccc32)cc1. The van der Waals surface area contributed by atoms with E-state index >= 15 is 0 Å². The number of carbonyl (C=O) groups excluding carboxylic acids is 3. The van der Waals surface area contributed by atoms with E-state index in [1.165, 1.54) is 5.56 Å². The Morgan fingerprint density at radius 3 is 2.60 bits per heavy atom. The van der Waals surface area contributed by atoms with E-state index in [0.29, 0.717) is 25.2 Å². The van der Waals surface area contributed by atoms with E-state index in [2.05, 4.69) is 6.07 Å². The predicted octanol–water partition coefficient (Wildman–Crippen LogP) is 2.61. The fourth-order valence-electron chi connectivity index (χ4n) is 4.84. The van der Waals surface area contributed by atoms with Gasteiger partial charge in [-0.25, -0.2) is 0 Å². The first-order valence-corrected chi connectivity index (χ1v) is 10.7. The van der Waals surface area contributed by atoms with Crippen molar-refractivity contribution in [3.8, 4) is 0 Å². The zero-order valence-corrected chi connectivity index (χ0v) is 16.9. The van der Waals surface area contributed by atoms with Crippen LogP contribution in [0.25, 0.3) is 0 Å². The van der Waals surface area contributed by atoms with Crippen LogP contribution in [0, 0.1) is 0 Å². The van der Waals surface area contributed by atoms with Crippen molar-refractivity contribution in [1.82, 2.24) is 9.80 Å². The largest absolute Gasteiger partial charge is 0.329 e. The molecule has 0 spiro atoms. The Balaban J connectivity index is 1.28. The summed E-state index contributed by atoms with van der Waals surface area (Å²) in [6, 6.07) is 15.1. The van der Waals surface area contributed by atoms with Crippen molar-refractivity contribution in [3.63, 3.8) is 0 Å². The number of rotatable bonds is 3. The number of piperazine rings is 1. The highest BCUT2D eigenvalue weighted by Crippen LogP contribution is 2.29. The number of nitrogens with zero attached hydrogens (tertiary/aromatic N) is 3. The lowest BCUT2D eigenvalue weighted by molar-refractivity contribution is -0.158. The van der Waals surface area contributed by atoms with E-state index in [9.17, 15) is 14.4 Å². The van der Waals surface area contributed by atoms with Gasteiger partial charge in [-0.15, -0.1) is 0 Å². The minimum absolute atomic E-state index is 0.00595. The molecule has 0 saturated carbocycles. The Bertz CT molecular complexity index is 1000. The monoisotopic (exact) mass is 403 g/mol. The van der Waals surface area contributed by atoms with Gasteiger partial charge in [-0.05, 0) is 55.0 Å². The van der Waals surface area contributed by atoms with Crippen molar-refractivity contribution in [1.29, 1.82) is 0 Å². The van der Waals surface area contributed by atoms with Crippen LogP contribution in [-0.4, -0.2) is 53.2 Å². The van der Waals surface area contributed by atoms with Gasteiger partial charge in [0.1, 0.15) is 12.6 Å². The minimum Gasteiger partial charge on any atom is -0.329 e. The lowest BCUT2D eigenvalue weighted by atomic mass is 9.98. The number of para-hydroxylation sites is 1. The summed E-state index contributed by atoms with van der Waals surface area (Å²) >= 11 is 0. The maximum atomic E-state index is 13.0. The van der Waals surface area contributed by atoms with Gasteiger partial charge in [0, 0.05) is 30.9 Å². The summed E-state index contributed by atoms with van der Waals surface area (Å²) in [6.45, 7) is 1.93. The smallest absolute Gasteiger partial charge is 0.258 e. The van der Waals surface area contributed by atoms with Crippen molar-refractivity contribution in [2.24, 2.45) is 0 Å². The molecular weight excluding hydrogens is 378 g/mol. The fraction of sp³-hybridized carbons (Fsp3) is 0.375. The number of hydrogen-bond acceptors (Lipinski definition) is 3. The van der Waals surface area contributed by atoms with Crippen LogP contribution in [0.1, 0.15) is 40.7 Å². The van der Waals surface area contributed by atoms with Crippen molar-refractivity contribution in [2.75, 3.05) is 24.5 Å². The average molecular weight is 403 g/mol. The molecule has 0 aromatic heterocycles. The summed E-state index contributed by atoms with van der Waals surface area (Å²) < 4.78 is 0. The first kappa shape index (κ1) is 18.9. The molecule has 3 amide bonds. The van der Waals surface area contributed by atoms with E-state index in [-0.39, 0.29) is 30.3 Å². The number of carbonyl (C=O) groups is 3. The summed E-state index contributed by atoms with van der Waals surface area (Å²) in [7, 11) is 0. The molecule has 2 fully saturated rings. The molecule has 1 unspecified atom stereocenters. The van der Waals surface area contributed by atoms with Crippen LogP contribution in [0.4, 0.5) is 5.69 Å². The van der Waals surface area contributed by atoms with Crippen molar-refractivity contribution < 1.29 is 14.4 Å². The number of benzene rings is 2. The molecule has 0 aliphatic carbocycles. The van der Waals surface area contributed by atoms with E-state index in [1.807, 2.05) is 47.4 Å². The van der Waals surface area contributed by atoms with Gasteiger partial charge in [0.2, 0.25) is 11.8 Å². The Morgan fingerprint density at radius 1 is 0.967 bits per heavy atom. The third-order valence-corrected chi connectivity index (χ3v) is 6.45. The predicted molar refractivity (Wildman–Crippen MR) is 113 cm³/mol. The lowest BCUT2D eigenvalue weighted by Crippen LogP contribution is -2.60. The highest BCUT2D eigenvalue weighted by Gasteiger charge is 2.40. The molecule has 6 heteroatoms. The summed E-state index contributed by atoms with van der Waals surface area (Å²) in [5.41, 5.74) is 3.75. The van der Waals surface area contributed by atoms with Crippen LogP contribution in [0.3, 0.4) is 0 Å². The molecule has 30 heavy (non-hydrogen) atoms. The molecule has 3 heterocycles. The molecule has 0 radical (unpaired) electrons. The molecule has 0 bridgehead atoms. The first-order valence-electron chi connectivity index (χ1n) is 10.7. The van der Waals surface area contributed by atoms with E-state index in [0.717, 1.165) is 36.9 Å². The van der Waals surface area contributed by atoms with E-state index in [1.54, 1.807) is 9.80 Å². The second-order valence-electron chi connectivity index (χ2n) is 8.33. The third-order valence-electron chi connectivity index (χ3n) is 6.45. The Labute approximate surface area is 176 Å². The van der Waals surface area contributed by atoms with Gasteiger partial charge in [0.25, 0.3) is 5.91 Å². The molecule has 154 valence electrons. The molecule has 3 aliphatic rings. The fourth-order valence-corrected chi connectivity index (χ4v) is 4.84. The summed E-state index contributed by atoms with van der Waals surface area (Å²) in [5, 5.41) is 0. The van der Waals surface area contributed by atoms with Crippen molar-refractivity contribution >= 4 is 23.4 Å². The van der Waals surface area contributed by atoms with E-state index < -0.39 is 0 Å². The lowest BCUT2D eigenvalue weighted by Gasteiger charge is -2.42. The van der Waals surface area contributed by atoms with Crippen LogP contribution in [-0.2, 0) is 22.6 Å². The van der Waals surface area contributed by atoms with Gasteiger partial charge in [0.05, 0.1) is 0 Å². The molecule has 1 atom stereocenters. The maximum absolute atomic E-state index is 13.0. The van der Waals surface area contributed by atoms with Gasteiger partial charge in [-0.3, -0.25) is 14.4 Å². The molecule has 3 aliphatic heterocycles. The second-order valence-corrected chi connectivity index (χ2v) is 8.33. The Kier molecular flexibility index (Phi) is 4.77. The molecule has 0 N–H and O–H groups in total. The summed E-state index contributed by atoms with van der Waals surface area (Å²) in [5.74, 6) is 0.0792. The summed E-state index contributed by atoms with van der Waals surface area (Å²) in [4.78, 5) is 43.5. The van der Waals surface area contributed by atoms with Crippen molar-refractivity contribution in [2.45, 2.75) is 38.3 Å². The van der Waals surface area contributed by atoms with Gasteiger partial charge < -0.3 is 14.7 Å². The van der Waals surface area contributed by atoms with Crippen LogP contribution in [0.15, 0.2) is 48.5 Å². The normalized spacial score (nSPS) is 20.9. The summed E-state index contributed by atoms with van der Waals surface area (Å²) in [6.07, 6.45) is 3.60. The molecule has 2 saturated heterocycles. The molecule has 5 rings (SSSR count). The van der Waals surface area contributed by atoms with Gasteiger partial charge in [0.15, 0.2) is 0 Å². The number of amides is 3. The number of piperidine rings is 1. The van der Waals surface area contributed by atoms with E-state index in [4.69, 9.17) is 0 Å². The molecule has 2 aromatic rings. The average Bonchev–Trinajstić information content (AvgIpc) is 3.21. The van der Waals surface area contributed by atoms with Gasteiger partial charge >= 0.3 is 0 Å². The Hall–Kier alpha value is -3.15. The van der Waals surface area contributed by atoms with Crippen LogP contribution < -0.4 is 4.90 Å². The van der Waals surface area contributed by atoms with Crippen LogP contribution in [0.5, 0.6) is 0 Å². The number of fused-ring (bicyclic) bond motifs is 2. The minimum atomic E-state index is -0.295. The third kappa shape index (κ3) is 3.26.